The second-order valence-corrected chi connectivity index (χ2v) is 6.79. The zero-order chi connectivity index (χ0) is 15.7. The Balaban J connectivity index is 1.59. The lowest BCUT2D eigenvalue weighted by Gasteiger charge is -2.32. The Kier molecular flexibility index (Phi) is 4.49. The molecule has 3 rings (SSSR count). The van der Waals surface area contributed by atoms with Crippen LogP contribution in [0, 0.1) is 5.92 Å². The number of aliphatic carboxylic acids is 1. The molecule has 1 heterocycles. The highest BCUT2D eigenvalue weighted by Crippen LogP contribution is 2.49. The van der Waals surface area contributed by atoms with Crippen LogP contribution >= 0.6 is 15.9 Å². The molecular formula is C16H18BrNO4. The van der Waals surface area contributed by atoms with E-state index in [4.69, 9.17) is 9.84 Å². The van der Waals surface area contributed by atoms with Crippen molar-refractivity contribution >= 4 is 27.8 Å². The molecule has 5 nitrogen and oxygen atoms in total. The molecular weight excluding hydrogens is 350 g/mol. The van der Waals surface area contributed by atoms with E-state index in [-0.39, 0.29) is 24.2 Å². The van der Waals surface area contributed by atoms with Crippen LogP contribution < -0.4 is 0 Å². The van der Waals surface area contributed by atoms with Gasteiger partial charge in [0, 0.05) is 23.5 Å². The molecule has 22 heavy (non-hydrogen) atoms. The third kappa shape index (κ3) is 3.50. The number of nitrogens with zero attached hydrogens (tertiary/aromatic N) is 1. The second-order valence-electron chi connectivity index (χ2n) is 5.88. The minimum absolute atomic E-state index is 0.0258. The Hall–Kier alpha value is -1.40. The van der Waals surface area contributed by atoms with E-state index in [1.807, 2.05) is 12.1 Å². The van der Waals surface area contributed by atoms with E-state index in [1.165, 1.54) is 5.56 Å². The lowest BCUT2D eigenvalue weighted by atomic mass is 10.1. The molecule has 2 fully saturated rings. The molecule has 0 bridgehead atoms. The molecule has 1 amide bonds. The van der Waals surface area contributed by atoms with Crippen LogP contribution in [0.25, 0.3) is 0 Å². The molecule has 3 unspecified atom stereocenters. The van der Waals surface area contributed by atoms with Crippen molar-refractivity contribution in [1.82, 2.24) is 4.90 Å². The summed E-state index contributed by atoms with van der Waals surface area (Å²) in [5, 5.41) is 8.84. The summed E-state index contributed by atoms with van der Waals surface area (Å²) in [7, 11) is 0. The van der Waals surface area contributed by atoms with Gasteiger partial charge in [0.25, 0.3) is 0 Å². The largest absolute Gasteiger partial charge is 0.481 e. The zero-order valence-corrected chi connectivity index (χ0v) is 13.7. The Labute approximate surface area is 137 Å². The summed E-state index contributed by atoms with van der Waals surface area (Å²) in [5.74, 6) is -0.454. The van der Waals surface area contributed by atoms with Gasteiger partial charge in [-0.1, -0.05) is 28.1 Å². The molecule has 0 radical (unpaired) electrons. The predicted molar refractivity (Wildman–Crippen MR) is 83.6 cm³/mol. The van der Waals surface area contributed by atoms with Crippen LogP contribution in [-0.4, -0.2) is 47.7 Å². The van der Waals surface area contributed by atoms with Gasteiger partial charge in [-0.25, -0.2) is 0 Å². The van der Waals surface area contributed by atoms with E-state index in [9.17, 15) is 9.59 Å². The maximum absolute atomic E-state index is 12.6. The van der Waals surface area contributed by atoms with Crippen molar-refractivity contribution in [2.45, 2.75) is 24.9 Å². The van der Waals surface area contributed by atoms with Gasteiger partial charge in [0.15, 0.2) is 0 Å². The SMILES string of the molecule is O=C(O)CC1CN(C(=O)C2CC2c2cccc(Br)c2)CCO1. The number of carbonyl (C=O) groups is 2. The monoisotopic (exact) mass is 367 g/mol. The van der Waals surface area contributed by atoms with Gasteiger partial charge in [-0.15, -0.1) is 0 Å². The topological polar surface area (TPSA) is 66.8 Å². The van der Waals surface area contributed by atoms with Crippen LogP contribution in [0.15, 0.2) is 28.7 Å². The molecule has 1 aliphatic heterocycles. The number of hydrogen-bond acceptors (Lipinski definition) is 3. The number of ether oxygens (including phenoxy) is 1. The fraction of sp³-hybridized carbons (Fsp3) is 0.500. The number of carboxylic acid groups (broad SMARTS) is 1. The van der Waals surface area contributed by atoms with Gasteiger partial charge in [0.2, 0.25) is 5.91 Å². The number of rotatable bonds is 4. The van der Waals surface area contributed by atoms with Crippen molar-refractivity contribution in [2.75, 3.05) is 19.7 Å². The Morgan fingerprint density at radius 3 is 2.95 bits per heavy atom. The number of carboxylic acids is 1. The van der Waals surface area contributed by atoms with E-state index in [0.717, 1.165) is 10.9 Å². The number of morpholine rings is 1. The molecule has 1 aliphatic carbocycles. The quantitative estimate of drug-likeness (QED) is 0.886. The lowest BCUT2D eigenvalue weighted by Crippen LogP contribution is -2.47. The average Bonchev–Trinajstić information content (AvgIpc) is 3.26. The highest BCUT2D eigenvalue weighted by Gasteiger charge is 2.46. The molecule has 2 aliphatic rings. The first kappa shape index (κ1) is 15.5. The summed E-state index contributed by atoms with van der Waals surface area (Å²) in [6, 6.07) is 8.07. The highest BCUT2D eigenvalue weighted by atomic mass is 79.9. The van der Waals surface area contributed by atoms with Crippen molar-refractivity contribution in [2.24, 2.45) is 5.92 Å². The Bertz CT molecular complexity index is 591. The fourth-order valence-electron chi connectivity index (χ4n) is 3.05. The van der Waals surface area contributed by atoms with Gasteiger partial charge in [0.1, 0.15) is 0 Å². The van der Waals surface area contributed by atoms with Crippen LogP contribution in [0.3, 0.4) is 0 Å². The van der Waals surface area contributed by atoms with Gasteiger partial charge < -0.3 is 14.7 Å². The van der Waals surface area contributed by atoms with E-state index in [2.05, 4.69) is 28.1 Å². The molecule has 1 aromatic carbocycles. The minimum atomic E-state index is -0.891. The van der Waals surface area contributed by atoms with Crippen molar-refractivity contribution in [1.29, 1.82) is 0 Å². The number of amides is 1. The molecule has 1 saturated carbocycles. The smallest absolute Gasteiger partial charge is 0.306 e. The summed E-state index contributed by atoms with van der Waals surface area (Å²) < 4.78 is 6.44. The van der Waals surface area contributed by atoms with Gasteiger partial charge in [0.05, 0.1) is 19.1 Å². The first-order chi connectivity index (χ1) is 10.5. The molecule has 0 spiro atoms. The third-order valence-electron chi connectivity index (χ3n) is 4.24. The van der Waals surface area contributed by atoms with Crippen molar-refractivity contribution in [3.8, 4) is 0 Å². The summed E-state index contributed by atoms with van der Waals surface area (Å²) in [5.41, 5.74) is 1.18. The number of carbonyl (C=O) groups excluding carboxylic acids is 1. The number of halogens is 1. The average molecular weight is 368 g/mol. The van der Waals surface area contributed by atoms with Crippen molar-refractivity contribution < 1.29 is 19.4 Å². The first-order valence-electron chi connectivity index (χ1n) is 7.42. The molecule has 3 atom stereocenters. The predicted octanol–water partition coefficient (Wildman–Crippen LogP) is 2.25. The summed E-state index contributed by atoms with van der Waals surface area (Å²) in [4.78, 5) is 25.1. The van der Waals surface area contributed by atoms with Crippen molar-refractivity contribution in [3.05, 3.63) is 34.3 Å². The Morgan fingerprint density at radius 1 is 1.41 bits per heavy atom. The van der Waals surface area contributed by atoms with Gasteiger partial charge >= 0.3 is 5.97 Å². The van der Waals surface area contributed by atoms with Crippen LogP contribution in [0.1, 0.15) is 24.3 Å². The highest BCUT2D eigenvalue weighted by molar-refractivity contribution is 9.10. The fourth-order valence-corrected chi connectivity index (χ4v) is 3.46. The lowest BCUT2D eigenvalue weighted by molar-refractivity contribution is -0.148. The third-order valence-corrected chi connectivity index (χ3v) is 4.73. The van der Waals surface area contributed by atoms with Crippen LogP contribution in [-0.2, 0) is 14.3 Å². The number of benzene rings is 1. The van der Waals surface area contributed by atoms with E-state index in [1.54, 1.807) is 4.90 Å². The summed E-state index contributed by atoms with van der Waals surface area (Å²) in [6.45, 7) is 1.35. The van der Waals surface area contributed by atoms with E-state index < -0.39 is 12.1 Å². The molecule has 6 heteroatoms. The van der Waals surface area contributed by atoms with Gasteiger partial charge in [-0.2, -0.15) is 0 Å². The molecule has 1 saturated heterocycles. The van der Waals surface area contributed by atoms with Crippen LogP contribution in [0.4, 0.5) is 0 Å². The molecule has 0 aromatic heterocycles. The Morgan fingerprint density at radius 2 is 2.23 bits per heavy atom. The van der Waals surface area contributed by atoms with E-state index >= 15 is 0 Å². The second kappa shape index (κ2) is 6.38. The summed E-state index contributed by atoms with van der Waals surface area (Å²) >= 11 is 3.46. The first-order valence-corrected chi connectivity index (χ1v) is 8.21. The molecule has 1 N–H and O–H groups in total. The van der Waals surface area contributed by atoms with Gasteiger partial charge in [-0.3, -0.25) is 9.59 Å². The number of hydrogen-bond donors (Lipinski definition) is 1. The summed E-state index contributed by atoms with van der Waals surface area (Å²) in [6.07, 6.45) is 0.429. The van der Waals surface area contributed by atoms with Crippen LogP contribution in [0.5, 0.6) is 0 Å². The van der Waals surface area contributed by atoms with Gasteiger partial charge in [-0.05, 0) is 30.0 Å². The molecule has 1 aromatic rings. The van der Waals surface area contributed by atoms with Crippen LogP contribution in [0.2, 0.25) is 0 Å². The maximum atomic E-state index is 12.6. The molecule has 118 valence electrons. The van der Waals surface area contributed by atoms with Crippen molar-refractivity contribution in [3.63, 3.8) is 0 Å². The standard InChI is InChI=1S/C16H18BrNO4/c17-11-3-1-2-10(6-11)13-8-14(13)16(21)18-4-5-22-12(9-18)7-15(19)20/h1-3,6,12-14H,4-5,7-9H2,(H,19,20). The maximum Gasteiger partial charge on any atom is 0.306 e. The zero-order valence-electron chi connectivity index (χ0n) is 12.1. The normalized spacial score (nSPS) is 27.5. The minimum Gasteiger partial charge on any atom is -0.481 e. The van der Waals surface area contributed by atoms with E-state index in [0.29, 0.717) is 19.7 Å².